The number of pyridine rings is 1. The van der Waals surface area contributed by atoms with Crippen molar-refractivity contribution < 1.29 is 9.59 Å². The average molecular weight is 391 g/mol. The predicted octanol–water partition coefficient (Wildman–Crippen LogP) is 2.54. The fraction of sp³-hybridized carbons (Fsp3) is 0.588. The molecule has 2 amide bonds. The number of aromatic nitrogens is 1. The lowest BCUT2D eigenvalue weighted by Crippen LogP contribution is -2.44. The first-order chi connectivity index (χ1) is 11.0. The monoisotopic (exact) mass is 390 g/mol. The molecule has 1 aliphatic rings. The minimum absolute atomic E-state index is 0. The zero-order chi connectivity index (χ0) is 16.8. The molecule has 1 aromatic rings. The molecule has 0 radical (unpaired) electrons. The summed E-state index contributed by atoms with van der Waals surface area (Å²) in [6.45, 7) is 4.99. The SMILES string of the molecule is Cc1cccc(NC(=O)C2CCCN(C(=O)CCC(C)N)C2)n1.Cl.Cl. The van der Waals surface area contributed by atoms with Crippen molar-refractivity contribution in [3.05, 3.63) is 23.9 Å². The summed E-state index contributed by atoms with van der Waals surface area (Å²) in [7, 11) is 0. The van der Waals surface area contributed by atoms with E-state index < -0.39 is 0 Å². The van der Waals surface area contributed by atoms with E-state index in [1.165, 1.54) is 0 Å². The van der Waals surface area contributed by atoms with E-state index in [9.17, 15) is 9.59 Å². The first kappa shape index (κ1) is 23.6. The van der Waals surface area contributed by atoms with Crippen LogP contribution in [0.3, 0.4) is 0 Å². The van der Waals surface area contributed by atoms with E-state index in [4.69, 9.17) is 5.73 Å². The van der Waals surface area contributed by atoms with Crippen LogP contribution in [0.5, 0.6) is 0 Å². The van der Waals surface area contributed by atoms with E-state index in [0.717, 1.165) is 25.1 Å². The number of halogens is 2. The number of nitrogens with one attached hydrogen (secondary N) is 1. The predicted molar refractivity (Wildman–Crippen MR) is 104 cm³/mol. The van der Waals surface area contributed by atoms with Crippen LogP contribution >= 0.6 is 24.8 Å². The van der Waals surface area contributed by atoms with Gasteiger partial charge >= 0.3 is 0 Å². The second-order valence-corrected chi connectivity index (χ2v) is 6.35. The maximum Gasteiger partial charge on any atom is 0.230 e. The lowest BCUT2D eigenvalue weighted by atomic mass is 9.96. The van der Waals surface area contributed by atoms with Gasteiger partial charge in [0.1, 0.15) is 5.82 Å². The van der Waals surface area contributed by atoms with Crippen molar-refractivity contribution in [1.82, 2.24) is 9.88 Å². The van der Waals surface area contributed by atoms with Crippen LogP contribution in [0.4, 0.5) is 5.82 Å². The summed E-state index contributed by atoms with van der Waals surface area (Å²) in [4.78, 5) is 30.7. The van der Waals surface area contributed by atoms with Gasteiger partial charge in [0, 0.05) is 31.2 Å². The quantitative estimate of drug-likeness (QED) is 0.808. The van der Waals surface area contributed by atoms with Crippen LogP contribution in [0.1, 0.15) is 38.3 Å². The topological polar surface area (TPSA) is 88.3 Å². The number of aryl methyl sites for hydroxylation is 1. The fourth-order valence-electron chi connectivity index (χ4n) is 2.77. The van der Waals surface area contributed by atoms with Crippen molar-refractivity contribution in [2.75, 3.05) is 18.4 Å². The van der Waals surface area contributed by atoms with E-state index in [0.29, 0.717) is 25.2 Å². The number of nitrogens with two attached hydrogens (primary N) is 1. The van der Waals surface area contributed by atoms with Gasteiger partial charge in [-0.2, -0.15) is 0 Å². The van der Waals surface area contributed by atoms with Gasteiger partial charge in [-0.25, -0.2) is 4.98 Å². The molecule has 0 spiro atoms. The van der Waals surface area contributed by atoms with Crippen molar-refractivity contribution in [3.63, 3.8) is 0 Å². The zero-order valence-electron chi connectivity index (χ0n) is 14.7. The molecule has 2 atom stereocenters. The Bertz CT molecular complexity index is 569. The first-order valence-corrected chi connectivity index (χ1v) is 8.23. The van der Waals surface area contributed by atoms with Crippen LogP contribution < -0.4 is 11.1 Å². The van der Waals surface area contributed by atoms with Gasteiger partial charge in [0.2, 0.25) is 11.8 Å². The first-order valence-electron chi connectivity index (χ1n) is 8.23. The van der Waals surface area contributed by atoms with Crippen LogP contribution in [0, 0.1) is 12.8 Å². The highest BCUT2D eigenvalue weighted by molar-refractivity contribution is 5.92. The highest BCUT2D eigenvalue weighted by atomic mass is 35.5. The molecule has 2 unspecified atom stereocenters. The summed E-state index contributed by atoms with van der Waals surface area (Å²) >= 11 is 0. The number of nitrogens with zero attached hydrogens (tertiary/aromatic N) is 2. The Balaban J connectivity index is 0.00000288. The Morgan fingerprint density at radius 3 is 2.76 bits per heavy atom. The molecule has 1 aromatic heterocycles. The minimum Gasteiger partial charge on any atom is -0.342 e. The number of hydrogen-bond acceptors (Lipinski definition) is 4. The molecule has 0 saturated carbocycles. The second-order valence-electron chi connectivity index (χ2n) is 6.35. The second kappa shape index (κ2) is 11.3. The summed E-state index contributed by atoms with van der Waals surface area (Å²) in [5.74, 6) is 0.419. The van der Waals surface area contributed by atoms with Crippen molar-refractivity contribution in [3.8, 4) is 0 Å². The molecule has 142 valence electrons. The van der Waals surface area contributed by atoms with Gasteiger partial charge in [0.05, 0.1) is 5.92 Å². The Morgan fingerprint density at radius 1 is 1.40 bits per heavy atom. The third-order valence-electron chi connectivity index (χ3n) is 4.10. The summed E-state index contributed by atoms with van der Waals surface area (Å²) in [5.41, 5.74) is 6.56. The van der Waals surface area contributed by atoms with Crippen molar-refractivity contribution in [2.24, 2.45) is 11.7 Å². The van der Waals surface area contributed by atoms with Gasteiger partial charge in [-0.15, -0.1) is 24.8 Å². The van der Waals surface area contributed by atoms with Crippen LogP contribution in [-0.2, 0) is 9.59 Å². The Hall–Kier alpha value is -1.37. The van der Waals surface area contributed by atoms with E-state index in [2.05, 4.69) is 10.3 Å². The molecule has 25 heavy (non-hydrogen) atoms. The lowest BCUT2D eigenvalue weighted by molar-refractivity contribution is -0.134. The summed E-state index contributed by atoms with van der Waals surface area (Å²) in [6, 6.07) is 5.55. The summed E-state index contributed by atoms with van der Waals surface area (Å²) in [6.07, 6.45) is 2.78. The number of rotatable bonds is 5. The number of anilines is 1. The third-order valence-corrected chi connectivity index (χ3v) is 4.10. The minimum atomic E-state index is -0.176. The fourth-order valence-corrected chi connectivity index (χ4v) is 2.77. The highest BCUT2D eigenvalue weighted by Gasteiger charge is 2.28. The standard InChI is InChI=1S/C17H26N4O2.2ClH/c1-12(18)8-9-16(22)21-10-4-6-14(11-21)17(23)20-15-7-3-5-13(2)19-15;;/h3,5,7,12,14H,4,6,8-11,18H2,1-2H3,(H,19,20,23);2*1H. The normalized spacial score (nSPS) is 17.7. The maximum atomic E-state index is 12.4. The van der Waals surface area contributed by atoms with E-state index in [1.807, 2.05) is 26.0 Å². The van der Waals surface area contributed by atoms with Crippen molar-refractivity contribution in [2.45, 2.75) is 45.6 Å². The zero-order valence-corrected chi connectivity index (χ0v) is 16.4. The lowest BCUT2D eigenvalue weighted by Gasteiger charge is -2.32. The van der Waals surface area contributed by atoms with Gasteiger partial charge in [0.15, 0.2) is 0 Å². The Labute approximate surface area is 161 Å². The van der Waals surface area contributed by atoms with Gasteiger partial charge in [-0.3, -0.25) is 9.59 Å². The van der Waals surface area contributed by atoms with Gasteiger partial charge in [-0.1, -0.05) is 6.07 Å². The smallest absolute Gasteiger partial charge is 0.230 e. The molecule has 0 aromatic carbocycles. The number of piperidine rings is 1. The van der Waals surface area contributed by atoms with Crippen molar-refractivity contribution >= 4 is 42.4 Å². The molecule has 2 heterocycles. The van der Waals surface area contributed by atoms with Crippen LogP contribution in [-0.4, -0.2) is 40.8 Å². The number of amides is 2. The maximum absolute atomic E-state index is 12.4. The largest absolute Gasteiger partial charge is 0.342 e. The summed E-state index contributed by atoms with van der Waals surface area (Å²) in [5, 5.41) is 2.85. The molecule has 0 aliphatic carbocycles. The van der Waals surface area contributed by atoms with Crippen LogP contribution in [0.15, 0.2) is 18.2 Å². The van der Waals surface area contributed by atoms with E-state index in [1.54, 1.807) is 11.0 Å². The number of carbonyl (C=O) groups is 2. The highest BCUT2D eigenvalue weighted by Crippen LogP contribution is 2.19. The van der Waals surface area contributed by atoms with Gasteiger partial charge in [0.25, 0.3) is 0 Å². The Morgan fingerprint density at radius 2 is 2.12 bits per heavy atom. The molecule has 1 aliphatic heterocycles. The molecule has 1 fully saturated rings. The molecule has 1 saturated heterocycles. The van der Waals surface area contributed by atoms with Crippen LogP contribution in [0.2, 0.25) is 0 Å². The molecule has 6 nitrogen and oxygen atoms in total. The van der Waals surface area contributed by atoms with E-state index >= 15 is 0 Å². The molecule has 8 heteroatoms. The third kappa shape index (κ3) is 7.59. The average Bonchev–Trinajstić information content (AvgIpc) is 2.52. The molecular formula is C17H28Cl2N4O2. The molecular weight excluding hydrogens is 363 g/mol. The molecule has 3 N–H and O–H groups in total. The van der Waals surface area contributed by atoms with Crippen molar-refractivity contribution in [1.29, 1.82) is 0 Å². The number of hydrogen-bond donors (Lipinski definition) is 2. The number of carbonyl (C=O) groups excluding carboxylic acids is 2. The van der Waals surface area contributed by atoms with Crippen LogP contribution in [0.25, 0.3) is 0 Å². The molecule has 2 rings (SSSR count). The van der Waals surface area contributed by atoms with E-state index in [-0.39, 0.29) is 48.6 Å². The number of likely N-dealkylation sites (tertiary alicyclic amines) is 1. The van der Waals surface area contributed by atoms with Gasteiger partial charge in [-0.05, 0) is 45.2 Å². The Kier molecular flexibility index (Phi) is 10.7. The summed E-state index contributed by atoms with van der Waals surface area (Å²) < 4.78 is 0. The molecule has 0 bridgehead atoms. The van der Waals surface area contributed by atoms with Gasteiger partial charge < -0.3 is 16.0 Å².